The molecule has 2 heterocycles. The van der Waals surface area contributed by atoms with Gasteiger partial charge < -0.3 is 10.2 Å². The van der Waals surface area contributed by atoms with Crippen molar-refractivity contribution in [3.05, 3.63) is 0 Å². The van der Waals surface area contributed by atoms with Crippen LogP contribution < -0.4 is 5.32 Å². The zero-order valence-corrected chi connectivity index (χ0v) is 12.6. The molecule has 2 saturated heterocycles. The van der Waals surface area contributed by atoms with Gasteiger partial charge in [-0.05, 0) is 13.8 Å². The second-order valence-corrected chi connectivity index (χ2v) is 6.89. The molecule has 0 radical (unpaired) electrons. The molecule has 0 unspecified atom stereocenters. The molecule has 5 nitrogen and oxygen atoms in total. The highest BCUT2D eigenvalue weighted by Crippen LogP contribution is 2.14. The van der Waals surface area contributed by atoms with Gasteiger partial charge in [0.25, 0.3) is 0 Å². The predicted molar refractivity (Wildman–Crippen MR) is 77.2 cm³/mol. The summed E-state index contributed by atoms with van der Waals surface area (Å²) in [6.45, 7) is 7.95. The molecule has 0 aromatic carbocycles. The summed E-state index contributed by atoms with van der Waals surface area (Å²) in [7, 11) is 0. The van der Waals surface area contributed by atoms with Crippen LogP contribution in [0.25, 0.3) is 0 Å². The van der Waals surface area contributed by atoms with Gasteiger partial charge in [-0.1, -0.05) is 0 Å². The molecule has 108 valence electrons. The van der Waals surface area contributed by atoms with Gasteiger partial charge in [0.15, 0.2) is 0 Å². The highest BCUT2D eigenvalue weighted by molar-refractivity contribution is 7.99. The quantitative estimate of drug-likeness (QED) is 0.803. The van der Waals surface area contributed by atoms with Crippen LogP contribution in [0.2, 0.25) is 0 Å². The molecule has 0 saturated carbocycles. The van der Waals surface area contributed by atoms with Crippen LogP contribution in [0.5, 0.6) is 0 Å². The zero-order chi connectivity index (χ0) is 13.9. The van der Waals surface area contributed by atoms with Crippen molar-refractivity contribution in [3.63, 3.8) is 0 Å². The first-order chi connectivity index (χ1) is 8.99. The molecule has 6 heteroatoms. The van der Waals surface area contributed by atoms with Crippen LogP contribution in [-0.2, 0) is 9.59 Å². The largest absolute Gasteiger partial charge is 0.342 e. The predicted octanol–water partition coefficient (Wildman–Crippen LogP) is 0.162. The topological polar surface area (TPSA) is 52.7 Å². The zero-order valence-electron chi connectivity index (χ0n) is 11.8. The Kier molecular flexibility index (Phi) is 4.73. The van der Waals surface area contributed by atoms with Crippen molar-refractivity contribution >= 4 is 23.6 Å². The first-order valence-corrected chi connectivity index (χ1v) is 8.05. The number of hydrogen-bond donors (Lipinski definition) is 1. The Hall–Kier alpha value is -0.750. The number of hydrogen-bond acceptors (Lipinski definition) is 4. The fourth-order valence-electron chi connectivity index (χ4n) is 2.50. The van der Waals surface area contributed by atoms with Gasteiger partial charge in [-0.2, -0.15) is 11.8 Å². The van der Waals surface area contributed by atoms with E-state index in [1.54, 1.807) is 13.8 Å². The van der Waals surface area contributed by atoms with Gasteiger partial charge in [-0.15, -0.1) is 0 Å². The first kappa shape index (κ1) is 14.7. The normalized spacial score (nSPS) is 25.1. The Bertz CT molecular complexity index is 354. The van der Waals surface area contributed by atoms with Gasteiger partial charge in [0, 0.05) is 50.7 Å². The molecule has 1 N–H and O–H groups in total. The summed E-state index contributed by atoms with van der Waals surface area (Å²) in [4.78, 5) is 28.2. The number of carbonyl (C=O) groups excluding carboxylic acids is 2. The first-order valence-electron chi connectivity index (χ1n) is 6.89. The van der Waals surface area contributed by atoms with Gasteiger partial charge in [0.2, 0.25) is 11.8 Å². The van der Waals surface area contributed by atoms with E-state index in [4.69, 9.17) is 0 Å². The fourth-order valence-corrected chi connectivity index (χ4v) is 3.48. The van der Waals surface area contributed by atoms with E-state index in [0.717, 1.165) is 26.2 Å². The summed E-state index contributed by atoms with van der Waals surface area (Å²) in [6, 6.07) is 0. The third-order valence-corrected chi connectivity index (χ3v) is 4.61. The van der Waals surface area contributed by atoms with E-state index in [0.29, 0.717) is 13.0 Å². The lowest BCUT2D eigenvalue weighted by atomic mass is 10.0. The minimum absolute atomic E-state index is 0.0322. The van der Waals surface area contributed by atoms with Crippen LogP contribution in [0.15, 0.2) is 0 Å². The van der Waals surface area contributed by atoms with Gasteiger partial charge in [0.05, 0.1) is 0 Å². The second kappa shape index (κ2) is 6.13. The van der Waals surface area contributed by atoms with E-state index in [1.807, 2.05) is 16.7 Å². The van der Waals surface area contributed by atoms with Crippen LogP contribution >= 0.6 is 11.8 Å². The number of thioether (sulfide) groups is 1. The van der Waals surface area contributed by atoms with Crippen molar-refractivity contribution in [2.45, 2.75) is 25.8 Å². The number of amides is 2. The number of nitrogens with one attached hydrogen (secondary N) is 1. The summed E-state index contributed by atoms with van der Waals surface area (Å²) in [5.41, 5.74) is -0.772. The van der Waals surface area contributed by atoms with Crippen molar-refractivity contribution in [2.24, 2.45) is 0 Å². The molecule has 0 aromatic heterocycles. The molecular formula is C13H23N3O2S. The molecule has 2 rings (SSSR count). The van der Waals surface area contributed by atoms with E-state index in [2.05, 4.69) is 10.2 Å². The fraction of sp³-hybridized carbons (Fsp3) is 0.846. The van der Waals surface area contributed by atoms with Crippen LogP contribution in [0.1, 0.15) is 20.3 Å². The second-order valence-electron chi connectivity index (χ2n) is 5.67. The monoisotopic (exact) mass is 285 g/mol. The van der Waals surface area contributed by atoms with Crippen molar-refractivity contribution in [1.82, 2.24) is 15.1 Å². The minimum atomic E-state index is -0.772. The maximum atomic E-state index is 12.4. The third kappa shape index (κ3) is 3.86. The smallest absolute Gasteiger partial charge is 0.247 e. The van der Waals surface area contributed by atoms with E-state index in [9.17, 15) is 9.59 Å². The highest BCUT2D eigenvalue weighted by Gasteiger charge is 2.36. The van der Waals surface area contributed by atoms with Crippen LogP contribution in [0.4, 0.5) is 0 Å². The number of nitrogens with zero attached hydrogens (tertiary/aromatic N) is 2. The molecule has 0 atom stereocenters. The summed E-state index contributed by atoms with van der Waals surface area (Å²) in [5, 5.41) is 2.79. The Balaban J connectivity index is 1.90. The summed E-state index contributed by atoms with van der Waals surface area (Å²) in [5.74, 6) is 2.36. The Labute approximate surface area is 119 Å². The number of carbonyl (C=O) groups is 2. The van der Waals surface area contributed by atoms with Gasteiger partial charge >= 0.3 is 0 Å². The Morgan fingerprint density at radius 2 is 1.84 bits per heavy atom. The van der Waals surface area contributed by atoms with Gasteiger partial charge in [-0.25, -0.2) is 0 Å². The molecule has 0 aromatic rings. The van der Waals surface area contributed by atoms with Gasteiger partial charge in [-0.3, -0.25) is 14.5 Å². The summed E-state index contributed by atoms with van der Waals surface area (Å²) in [6.07, 6.45) is 0.408. The lowest BCUT2D eigenvalue weighted by Gasteiger charge is -2.32. The molecule has 0 bridgehead atoms. The standard InChI is InChI=1S/C13H23N3O2S/c1-13(2)12(18)16(4-3-11(17)14-13)6-5-15-7-9-19-10-8-15/h3-10H2,1-2H3,(H,14,17). The maximum Gasteiger partial charge on any atom is 0.247 e. The lowest BCUT2D eigenvalue weighted by Crippen LogP contribution is -2.54. The van der Waals surface area contributed by atoms with E-state index in [-0.39, 0.29) is 11.8 Å². The molecule has 2 fully saturated rings. The van der Waals surface area contributed by atoms with Crippen molar-refractivity contribution in [1.29, 1.82) is 0 Å². The average molecular weight is 285 g/mol. The van der Waals surface area contributed by atoms with Crippen LogP contribution in [0, 0.1) is 0 Å². The van der Waals surface area contributed by atoms with E-state index in [1.165, 1.54) is 11.5 Å². The molecular weight excluding hydrogens is 262 g/mol. The lowest BCUT2D eigenvalue weighted by molar-refractivity contribution is -0.137. The van der Waals surface area contributed by atoms with Crippen molar-refractivity contribution in [2.75, 3.05) is 44.2 Å². The van der Waals surface area contributed by atoms with Crippen LogP contribution in [0.3, 0.4) is 0 Å². The molecule has 0 spiro atoms. The van der Waals surface area contributed by atoms with Crippen LogP contribution in [-0.4, -0.2) is 71.4 Å². The number of rotatable bonds is 3. The highest BCUT2D eigenvalue weighted by atomic mass is 32.2. The van der Waals surface area contributed by atoms with E-state index >= 15 is 0 Å². The average Bonchev–Trinajstić information content (AvgIpc) is 2.47. The van der Waals surface area contributed by atoms with Crippen molar-refractivity contribution < 1.29 is 9.59 Å². The van der Waals surface area contributed by atoms with Gasteiger partial charge in [0.1, 0.15) is 5.54 Å². The molecule has 0 aliphatic carbocycles. The third-order valence-electron chi connectivity index (χ3n) is 3.67. The molecule has 2 amide bonds. The van der Waals surface area contributed by atoms with Crippen molar-refractivity contribution in [3.8, 4) is 0 Å². The minimum Gasteiger partial charge on any atom is -0.342 e. The molecule has 2 aliphatic rings. The SMILES string of the molecule is CC1(C)NC(=O)CCN(CCN2CCSCC2)C1=O. The van der Waals surface area contributed by atoms with E-state index < -0.39 is 5.54 Å². The molecule has 19 heavy (non-hydrogen) atoms. The maximum absolute atomic E-state index is 12.4. The Morgan fingerprint density at radius 1 is 1.16 bits per heavy atom. The summed E-state index contributed by atoms with van der Waals surface area (Å²) >= 11 is 1.99. The molecule has 2 aliphatic heterocycles. The Morgan fingerprint density at radius 3 is 2.53 bits per heavy atom. The summed E-state index contributed by atoms with van der Waals surface area (Å²) < 4.78 is 0.